The van der Waals surface area contributed by atoms with Crippen LogP contribution in [0.25, 0.3) is 10.8 Å². The van der Waals surface area contributed by atoms with Crippen molar-refractivity contribution in [2.24, 2.45) is 5.73 Å². The van der Waals surface area contributed by atoms with Gasteiger partial charge in [-0.3, -0.25) is 4.98 Å². The Morgan fingerprint density at radius 1 is 1.23 bits per heavy atom. The summed E-state index contributed by atoms with van der Waals surface area (Å²) in [5, 5.41) is 2.78. The average Bonchev–Trinajstić information content (AvgIpc) is 2.19. The van der Waals surface area contributed by atoms with Crippen molar-refractivity contribution in [2.45, 2.75) is 6.54 Å². The van der Waals surface area contributed by atoms with E-state index in [0.717, 1.165) is 21.4 Å². The molecule has 1 aromatic carbocycles. The minimum Gasteiger partial charge on any atom is -0.326 e. The van der Waals surface area contributed by atoms with Crippen LogP contribution < -0.4 is 5.73 Å². The molecule has 0 aliphatic heterocycles. The SMILES string of the molecule is NCc1ccc(Cl)c2cnccc12. The predicted octanol–water partition coefficient (Wildman–Crippen LogP) is 2.35. The Balaban J connectivity index is 2.84. The first-order chi connectivity index (χ1) is 6.33. The number of nitrogens with zero attached hydrogens (tertiary/aromatic N) is 1. The summed E-state index contributed by atoms with van der Waals surface area (Å²) in [6, 6.07) is 5.74. The van der Waals surface area contributed by atoms with Crippen molar-refractivity contribution in [2.75, 3.05) is 0 Å². The molecule has 13 heavy (non-hydrogen) atoms. The van der Waals surface area contributed by atoms with Gasteiger partial charge < -0.3 is 5.73 Å². The quantitative estimate of drug-likeness (QED) is 0.754. The maximum absolute atomic E-state index is 6.01. The third-order valence-electron chi connectivity index (χ3n) is 2.08. The molecule has 0 fully saturated rings. The van der Waals surface area contributed by atoms with Crippen LogP contribution in [-0.4, -0.2) is 4.98 Å². The van der Waals surface area contributed by atoms with E-state index >= 15 is 0 Å². The second-order valence-electron chi connectivity index (χ2n) is 2.83. The molecule has 0 radical (unpaired) electrons. The lowest BCUT2D eigenvalue weighted by Crippen LogP contribution is -1.97. The highest BCUT2D eigenvalue weighted by molar-refractivity contribution is 6.35. The minimum absolute atomic E-state index is 0.525. The fraction of sp³-hybridized carbons (Fsp3) is 0.100. The number of hydrogen-bond acceptors (Lipinski definition) is 2. The van der Waals surface area contributed by atoms with E-state index in [1.807, 2.05) is 18.2 Å². The molecule has 0 aliphatic carbocycles. The molecule has 0 saturated heterocycles. The second kappa shape index (κ2) is 3.32. The van der Waals surface area contributed by atoms with E-state index < -0.39 is 0 Å². The number of halogens is 1. The van der Waals surface area contributed by atoms with Crippen molar-refractivity contribution in [1.29, 1.82) is 0 Å². The third-order valence-corrected chi connectivity index (χ3v) is 2.40. The zero-order chi connectivity index (χ0) is 9.26. The zero-order valence-electron chi connectivity index (χ0n) is 7.00. The summed E-state index contributed by atoms with van der Waals surface area (Å²) in [6.07, 6.45) is 3.51. The second-order valence-corrected chi connectivity index (χ2v) is 3.24. The Morgan fingerprint density at radius 2 is 2.08 bits per heavy atom. The van der Waals surface area contributed by atoms with Gasteiger partial charge in [0.05, 0.1) is 0 Å². The van der Waals surface area contributed by atoms with Gasteiger partial charge in [0.15, 0.2) is 0 Å². The summed E-state index contributed by atoms with van der Waals surface area (Å²) in [6.45, 7) is 0.525. The van der Waals surface area contributed by atoms with Crippen LogP contribution in [-0.2, 0) is 6.54 Å². The lowest BCUT2D eigenvalue weighted by atomic mass is 10.1. The summed E-state index contributed by atoms with van der Waals surface area (Å²) in [7, 11) is 0. The van der Waals surface area contributed by atoms with Gasteiger partial charge in [-0.1, -0.05) is 17.7 Å². The topological polar surface area (TPSA) is 38.9 Å². The Kier molecular flexibility index (Phi) is 2.17. The Bertz CT molecular complexity index is 440. The van der Waals surface area contributed by atoms with Crippen molar-refractivity contribution in [3.63, 3.8) is 0 Å². The van der Waals surface area contributed by atoms with E-state index in [2.05, 4.69) is 4.98 Å². The van der Waals surface area contributed by atoms with Crippen molar-refractivity contribution >= 4 is 22.4 Å². The predicted molar refractivity (Wildman–Crippen MR) is 54.6 cm³/mol. The number of aromatic nitrogens is 1. The van der Waals surface area contributed by atoms with Crippen LogP contribution >= 0.6 is 11.6 Å². The van der Waals surface area contributed by atoms with Crippen LogP contribution in [0.5, 0.6) is 0 Å². The van der Waals surface area contributed by atoms with Gasteiger partial charge in [0.2, 0.25) is 0 Å². The fourth-order valence-corrected chi connectivity index (χ4v) is 1.61. The first kappa shape index (κ1) is 8.48. The average molecular weight is 193 g/mol. The number of hydrogen-bond donors (Lipinski definition) is 1. The van der Waals surface area contributed by atoms with Crippen LogP contribution in [0.15, 0.2) is 30.6 Å². The maximum atomic E-state index is 6.01. The van der Waals surface area contributed by atoms with Crippen LogP contribution in [0.1, 0.15) is 5.56 Å². The van der Waals surface area contributed by atoms with E-state index in [-0.39, 0.29) is 0 Å². The summed E-state index contributed by atoms with van der Waals surface area (Å²) in [4.78, 5) is 4.02. The Morgan fingerprint density at radius 3 is 2.85 bits per heavy atom. The fourth-order valence-electron chi connectivity index (χ4n) is 1.40. The van der Waals surface area contributed by atoms with E-state index in [4.69, 9.17) is 17.3 Å². The standard InChI is InChI=1S/C10H9ClN2/c11-10-2-1-7(5-12)8-3-4-13-6-9(8)10/h1-4,6H,5,12H2. The highest BCUT2D eigenvalue weighted by Gasteiger charge is 2.02. The van der Waals surface area contributed by atoms with Crippen LogP contribution in [0, 0.1) is 0 Å². The molecular weight excluding hydrogens is 184 g/mol. The van der Waals surface area contributed by atoms with Crippen molar-refractivity contribution in [3.8, 4) is 0 Å². The number of rotatable bonds is 1. The summed E-state index contributed by atoms with van der Waals surface area (Å²) in [5.74, 6) is 0. The summed E-state index contributed by atoms with van der Waals surface area (Å²) in [5.41, 5.74) is 6.70. The van der Waals surface area contributed by atoms with Gasteiger partial charge in [0, 0.05) is 29.3 Å². The normalized spacial score (nSPS) is 10.6. The van der Waals surface area contributed by atoms with Crippen molar-refractivity contribution in [1.82, 2.24) is 4.98 Å². The molecule has 0 aliphatic rings. The molecule has 66 valence electrons. The molecule has 0 atom stereocenters. The molecule has 0 bridgehead atoms. The van der Waals surface area contributed by atoms with E-state index in [1.54, 1.807) is 12.4 Å². The van der Waals surface area contributed by atoms with Crippen LogP contribution in [0.2, 0.25) is 5.02 Å². The lowest BCUT2D eigenvalue weighted by Gasteiger charge is -2.04. The number of benzene rings is 1. The van der Waals surface area contributed by atoms with Gasteiger partial charge in [0.1, 0.15) is 0 Å². The van der Waals surface area contributed by atoms with Gasteiger partial charge in [-0.05, 0) is 23.1 Å². The molecule has 3 heteroatoms. The van der Waals surface area contributed by atoms with Gasteiger partial charge in [0.25, 0.3) is 0 Å². The summed E-state index contributed by atoms with van der Waals surface area (Å²) >= 11 is 6.01. The zero-order valence-corrected chi connectivity index (χ0v) is 7.75. The third kappa shape index (κ3) is 1.39. The maximum Gasteiger partial charge on any atom is 0.0500 e. The van der Waals surface area contributed by atoms with E-state index in [9.17, 15) is 0 Å². The van der Waals surface area contributed by atoms with Crippen molar-refractivity contribution in [3.05, 3.63) is 41.2 Å². The van der Waals surface area contributed by atoms with E-state index in [1.165, 1.54) is 0 Å². The molecule has 0 unspecified atom stereocenters. The largest absolute Gasteiger partial charge is 0.326 e. The van der Waals surface area contributed by atoms with Gasteiger partial charge >= 0.3 is 0 Å². The Labute approximate surface area is 81.3 Å². The molecule has 1 aromatic heterocycles. The number of fused-ring (bicyclic) bond motifs is 1. The van der Waals surface area contributed by atoms with Crippen LogP contribution in [0.4, 0.5) is 0 Å². The van der Waals surface area contributed by atoms with Gasteiger partial charge in [-0.25, -0.2) is 0 Å². The summed E-state index contributed by atoms with van der Waals surface area (Å²) < 4.78 is 0. The first-order valence-corrected chi connectivity index (χ1v) is 4.42. The monoisotopic (exact) mass is 192 g/mol. The van der Waals surface area contributed by atoms with Crippen LogP contribution in [0.3, 0.4) is 0 Å². The number of nitrogens with two attached hydrogens (primary N) is 1. The minimum atomic E-state index is 0.525. The highest BCUT2D eigenvalue weighted by atomic mass is 35.5. The lowest BCUT2D eigenvalue weighted by molar-refractivity contribution is 1.09. The molecular formula is C10H9ClN2. The molecule has 0 amide bonds. The molecule has 2 rings (SSSR count). The first-order valence-electron chi connectivity index (χ1n) is 4.04. The molecule has 1 heterocycles. The van der Waals surface area contributed by atoms with E-state index in [0.29, 0.717) is 6.54 Å². The van der Waals surface area contributed by atoms with Gasteiger partial charge in [-0.15, -0.1) is 0 Å². The smallest absolute Gasteiger partial charge is 0.0500 e. The highest BCUT2D eigenvalue weighted by Crippen LogP contribution is 2.25. The van der Waals surface area contributed by atoms with Gasteiger partial charge in [-0.2, -0.15) is 0 Å². The molecule has 2 N–H and O–H groups in total. The Hall–Kier alpha value is -1.12. The molecule has 0 saturated carbocycles. The molecule has 2 nitrogen and oxygen atoms in total. The molecule has 0 spiro atoms. The molecule has 2 aromatic rings. The number of pyridine rings is 1. The van der Waals surface area contributed by atoms with Crippen molar-refractivity contribution < 1.29 is 0 Å².